The monoisotopic (exact) mass is 421 g/mol. The number of carbonyl (C=O) groups excluding carboxylic acids is 1. The van der Waals surface area contributed by atoms with E-state index in [4.69, 9.17) is 5.10 Å². The number of fused-ring (bicyclic) bond motifs is 1. The van der Waals surface area contributed by atoms with Crippen LogP contribution < -0.4 is 0 Å². The highest BCUT2D eigenvalue weighted by Crippen LogP contribution is 2.50. The van der Waals surface area contributed by atoms with E-state index in [0.717, 1.165) is 48.4 Å². The van der Waals surface area contributed by atoms with Gasteiger partial charge in [-0.2, -0.15) is 9.61 Å². The smallest absolute Gasteiger partial charge is 0.233 e. The lowest BCUT2D eigenvalue weighted by Crippen LogP contribution is -2.43. The molecule has 2 aliphatic rings. The normalized spacial score (nSPS) is 19.0. The number of amides is 1. The van der Waals surface area contributed by atoms with E-state index in [2.05, 4.69) is 31.0 Å². The minimum Gasteiger partial charge on any atom is -0.342 e. The average molecular weight is 422 g/mol. The maximum Gasteiger partial charge on any atom is 0.233 e. The number of rotatable bonds is 3. The van der Waals surface area contributed by atoms with Crippen molar-refractivity contribution in [1.29, 1.82) is 0 Å². The van der Waals surface area contributed by atoms with Gasteiger partial charge in [0.15, 0.2) is 11.5 Å². The summed E-state index contributed by atoms with van der Waals surface area (Å²) in [6, 6.07) is 10.4. The van der Waals surface area contributed by atoms with Crippen LogP contribution in [0.3, 0.4) is 0 Å². The summed E-state index contributed by atoms with van der Waals surface area (Å²) in [5.41, 5.74) is 2.19. The third-order valence-electron chi connectivity index (χ3n) is 6.76. The molecule has 2 fully saturated rings. The van der Waals surface area contributed by atoms with Crippen molar-refractivity contribution < 1.29 is 9.18 Å². The fourth-order valence-corrected chi connectivity index (χ4v) is 4.62. The molecule has 5 rings (SSSR count). The van der Waals surface area contributed by atoms with Crippen LogP contribution in [0.1, 0.15) is 69.5 Å². The van der Waals surface area contributed by atoms with Gasteiger partial charge in [-0.3, -0.25) is 4.79 Å². The third kappa shape index (κ3) is 3.50. The standard InChI is InChI=1S/C24H28FN5O/c1-23(2,3)19-8-9-20-26-27-21(30(20)28-19)16-10-14-29(15-11-16)22(31)24(12-13-24)17-4-6-18(25)7-5-17/h4-9,16H,10-15H2,1-3H3. The molecule has 3 heterocycles. The van der Waals surface area contributed by atoms with Gasteiger partial charge in [-0.1, -0.05) is 32.9 Å². The molecule has 31 heavy (non-hydrogen) atoms. The SMILES string of the molecule is CC(C)(C)c1ccc2nnc(C3CCN(C(=O)C4(c5ccc(F)cc5)CC4)CC3)n2n1. The van der Waals surface area contributed by atoms with Crippen LogP contribution in [0.4, 0.5) is 4.39 Å². The first-order valence-corrected chi connectivity index (χ1v) is 11.1. The number of nitrogens with zero attached hydrogens (tertiary/aromatic N) is 5. The number of carbonyl (C=O) groups is 1. The topological polar surface area (TPSA) is 63.4 Å². The quantitative estimate of drug-likeness (QED) is 0.641. The Morgan fingerprint density at radius 3 is 2.32 bits per heavy atom. The van der Waals surface area contributed by atoms with Crippen LogP contribution >= 0.6 is 0 Å². The van der Waals surface area contributed by atoms with Gasteiger partial charge in [-0.25, -0.2) is 4.39 Å². The zero-order chi connectivity index (χ0) is 21.8. The van der Waals surface area contributed by atoms with E-state index < -0.39 is 5.41 Å². The number of hydrogen-bond acceptors (Lipinski definition) is 4. The van der Waals surface area contributed by atoms with Gasteiger partial charge in [0, 0.05) is 24.4 Å². The molecule has 1 aromatic carbocycles. The Kier molecular flexibility index (Phi) is 4.61. The molecule has 0 spiro atoms. The maximum absolute atomic E-state index is 13.3. The second kappa shape index (κ2) is 7.11. The van der Waals surface area contributed by atoms with Gasteiger partial charge in [-0.05, 0) is 55.5 Å². The molecular formula is C24H28FN5O. The van der Waals surface area contributed by atoms with E-state index in [-0.39, 0.29) is 23.1 Å². The predicted octanol–water partition coefficient (Wildman–Crippen LogP) is 4.00. The lowest BCUT2D eigenvalue weighted by molar-refractivity contribution is -0.135. The fourth-order valence-electron chi connectivity index (χ4n) is 4.62. The highest BCUT2D eigenvalue weighted by Gasteiger charge is 2.53. The molecule has 1 saturated heterocycles. The second-order valence-electron chi connectivity index (χ2n) is 9.95. The van der Waals surface area contributed by atoms with Gasteiger partial charge in [0.2, 0.25) is 5.91 Å². The highest BCUT2D eigenvalue weighted by molar-refractivity contribution is 5.91. The minimum absolute atomic E-state index is 0.0511. The number of hydrogen-bond donors (Lipinski definition) is 0. The Morgan fingerprint density at radius 2 is 1.71 bits per heavy atom. The summed E-state index contributed by atoms with van der Waals surface area (Å²) in [4.78, 5) is 15.3. The van der Waals surface area contributed by atoms with Gasteiger partial charge < -0.3 is 4.90 Å². The minimum atomic E-state index is -0.453. The van der Waals surface area contributed by atoms with Gasteiger partial charge in [0.25, 0.3) is 0 Å². The van der Waals surface area contributed by atoms with Crippen molar-refractivity contribution in [2.75, 3.05) is 13.1 Å². The first-order chi connectivity index (χ1) is 14.8. The number of aromatic nitrogens is 4. The van der Waals surface area contributed by atoms with Gasteiger partial charge in [0.05, 0.1) is 11.1 Å². The van der Waals surface area contributed by atoms with Crippen LogP contribution in [0, 0.1) is 5.82 Å². The second-order valence-corrected chi connectivity index (χ2v) is 9.95. The van der Waals surface area contributed by atoms with Crippen LogP contribution in [0.15, 0.2) is 36.4 Å². The first-order valence-electron chi connectivity index (χ1n) is 11.1. The summed E-state index contributed by atoms with van der Waals surface area (Å²) in [6.45, 7) is 7.82. The molecule has 1 saturated carbocycles. The molecule has 6 nitrogen and oxygen atoms in total. The third-order valence-corrected chi connectivity index (χ3v) is 6.76. The van der Waals surface area contributed by atoms with Crippen molar-refractivity contribution in [1.82, 2.24) is 24.7 Å². The molecule has 1 aliphatic carbocycles. The van der Waals surface area contributed by atoms with Crippen LogP contribution in [-0.4, -0.2) is 43.7 Å². The molecule has 0 bridgehead atoms. The summed E-state index contributed by atoms with van der Waals surface area (Å²) in [5.74, 6) is 1.02. The summed E-state index contributed by atoms with van der Waals surface area (Å²) >= 11 is 0. The van der Waals surface area contributed by atoms with Crippen LogP contribution in [0.5, 0.6) is 0 Å². The Morgan fingerprint density at radius 1 is 1.03 bits per heavy atom. The molecule has 0 unspecified atom stereocenters. The number of likely N-dealkylation sites (tertiary alicyclic amines) is 1. The van der Waals surface area contributed by atoms with E-state index in [1.54, 1.807) is 12.1 Å². The van der Waals surface area contributed by atoms with Crippen LogP contribution in [-0.2, 0) is 15.6 Å². The molecule has 3 aromatic rings. The summed E-state index contributed by atoms with van der Waals surface area (Å²) < 4.78 is 15.2. The van der Waals surface area contributed by atoms with E-state index >= 15 is 0 Å². The van der Waals surface area contributed by atoms with Crippen molar-refractivity contribution >= 4 is 11.6 Å². The van der Waals surface area contributed by atoms with E-state index in [1.165, 1.54) is 12.1 Å². The lowest BCUT2D eigenvalue weighted by atomic mass is 9.91. The highest BCUT2D eigenvalue weighted by atomic mass is 19.1. The van der Waals surface area contributed by atoms with E-state index in [1.807, 2.05) is 21.5 Å². The Labute approximate surface area is 181 Å². The molecule has 0 atom stereocenters. The van der Waals surface area contributed by atoms with Crippen molar-refractivity contribution in [2.24, 2.45) is 0 Å². The Bertz CT molecular complexity index is 1120. The Hall–Kier alpha value is -2.83. The molecule has 162 valence electrons. The fraction of sp³-hybridized carbons (Fsp3) is 0.500. The van der Waals surface area contributed by atoms with Crippen molar-refractivity contribution in [3.63, 3.8) is 0 Å². The molecular weight excluding hydrogens is 393 g/mol. The first kappa shape index (κ1) is 20.1. The zero-order valence-electron chi connectivity index (χ0n) is 18.3. The molecule has 1 aliphatic heterocycles. The van der Waals surface area contributed by atoms with E-state index in [9.17, 15) is 9.18 Å². The number of benzene rings is 1. The van der Waals surface area contributed by atoms with E-state index in [0.29, 0.717) is 13.1 Å². The summed E-state index contributed by atoms with van der Waals surface area (Å²) in [6.07, 6.45) is 3.36. The largest absolute Gasteiger partial charge is 0.342 e. The maximum atomic E-state index is 13.3. The van der Waals surface area contributed by atoms with Crippen LogP contribution in [0.25, 0.3) is 5.65 Å². The number of halogens is 1. The zero-order valence-corrected chi connectivity index (χ0v) is 18.3. The van der Waals surface area contributed by atoms with Crippen molar-refractivity contribution in [3.8, 4) is 0 Å². The van der Waals surface area contributed by atoms with Crippen molar-refractivity contribution in [3.05, 3.63) is 59.3 Å². The molecule has 7 heteroatoms. The van der Waals surface area contributed by atoms with Gasteiger partial charge in [-0.15, -0.1) is 10.2 Å². The molecule has 0 radical (unpaired) electrons. The molecule has 2 aromatic heterocycles. The van der Waals surface area contributed by atoms with Gasteiger partial charge in [0.1, 0.15) is 5.82 Å². The summed E-state index contributed by atoms with van der Waals surface area (Å²) in [5, 5.41) is 13.6. The number of piperidine rings is 1. The predicted molar refractivity (Wildman–Crippen MR) is 115 cm³/mol. The molecule has 0 N–H and O–H groups in total. The lowest BCUT2D eigenvalue weighted by Gasteiger charge is -2.34. The molecule has 1 amide bonds. The van der Waals surface area contributed by atoms with Crippen LogP contribution in [0.2, 0.25) is 0 Å². The summed E-state index contributed by atoms with van der Waals surface area (Å²) in [7, 11) is 0. The van der Waals surface area contributed by atoms with Crippen molar-refractivity contribution in [2.45, 2.75) is 63.2 Å². The average Bonchev–Trinajstić information content (AvgIpc) is 3.46. The Balaban J connectivity index is 1.32. The van der Waals surface area contributed by atoms with Gasteiger partial charge >= 0.3 is 0 Å².